The van der Waals surface area contributed by atoms with Crippen molar-refractivity contribution in [2.45, 2.75) is 45.9 Å². The Balaban J connectivity index is 2.13. The van der Waals surface area contributed by atoms with Crippen LogP contribution in [0, 0.1) is 5.92 Å². The lowest BCUT2D eigenvalue weighted by atomic mass is 10.1. The highest BCUT2D eigenvalue weighted by Gasteiger charge is 2.47. The fourth-order valence-corrected chi connectivity index (χ4v) is 8.30. The Morgan fingerprint density at radius 1 is 1.04 bits per heavy atom. The number of rotatable bonds is 8. The number of hydrogen-bond donors (Lipinski definition) is 1. The van der Waals surface area contributed by atoms with E-state index in [1.165, 1.54) is 15.6 Å². The van der Waals surface area contributed by atoms with Crippen LogP contribution < -0.4 is 10.4 Å². The molecular weight excluding hydrogens is 364 g/mol. The van der Waals surface area contributed by atoms with E-state index in [4.69, 9.17) is 9.47 Å². The van der Waals surface area contributed by atoms with Gasteiger partial charge in [-0.05, 0) is 21.5 Å². The number of aliphatic hydroxyl groups is 1. The molecule has 1 aliphatic heterocycles. The maximum absolute atomic E-state index is 9.25. The van der Waals surface area contributed by atoms with Crippen molar-refractivity contribution in [1.29, 1.82) is 0 Å². The van der Waals surface area contributed by atoms with Gasteiger partial charge in [0.15, 0.2) is 0 Å². The first-order valence-corrected chi connectivity index (χ1v) is 12.7. The van der Waals surface area contributed by atoms with E-state index < -0.39 is 13.9 Å². The predicted octanol–water partition coefficient (Wildman–Crippen LogP) is 3.86. The zero-order valence-corrected chi connectivity index (χ0v) is 18.4. The molecule has 1 atom stereocenters. The summed E-state index contributed by atoms with van der Waals surface area (Å²) in [5.74, 6) is 0.868. The maximum atomic E-state index is 9.25. The standard InChI is InChI=1S/C24H32O3Si/c1-19(2)17-22-23(18-24(3,27-22)26-16-15-25)28(4,20-11-7-5-8-12-20)21-13-9-6-10-14-21/h5-14,19,25H,15-18H2,1-4H3. The number of aliphatic hydroxyl groups excluding tert-OH is 1. The van der Waals surface area contributed by atoms with Crippen LogP contribution in [0.3, 0.4) is 0 Å². The molecule has 0 aromatic heterocycles. The van der Waals surface area contributed by atoms with Crippen molar-refractivity contribution in [2.24, 2.45) is 5.92 Å². The lowest BCUT2D eigenvalue weighted by molar-refractivity contribution is -0.194. The third-order valence-corrected chi connectivity index (χ3v) is 10.2. The molecule has 0 spiro atoms. The second kappa shape index (κ2) is 8.64. The zero-order valence-electron chi connectivity index (χ0n) is 17.4. The minimum atomic E-state index is -2.21. The Bertz CT molecular complexity index is 762. The second-order valence-corrected chi connectivity index (χ2v) is 12.3. The molecule has 1 N–H and O–H groups in total. The van der Waals surface area contributed by atoms with E-state index in [1.807, 2.05) is 6.92 Å². The highest BCUT2D eigenvalue weighted by molar-refractivity contribution is 7.06. The van der Waals surface area contributed by atoms with E-state index in [0.29, 0.717) is 5.92 Å². The number of ether oxygens (including phenoxy) is 2. The van der Waals surface area contributed by atoms with Crippen LogP contribution in [0.15, 0.2) is 71.6 Å². The van der Waals surface area contributed by atoms with Gasteiger partial charge in [-0.25, -0.2) is 0 Å². The lowest BCUT2D eigenvalue weighted by Gasteiger charge is -2.31. The van der Waals surface area contributed by atoms with Gasteiger partial charge in [0.05, 0.1) is 19.0 Å². The molecule has 2 aromatic carbocycles. The van der Waals surface area contributed by atoms with E-state index >= 15 is 0 Å². The Morgan fingerprint density at radius 3 is 2.04 bits per heavy atom. The molecule has 1 unspecified atom stereocenters. The Kier molecular flexibility index (Phi) is 6.43. The Morgan fingerprint density at radius 2 is 1.57 bits per heavy atom. The summed E-state index contributed by atoms with van der Waals surface area (Å²) in [6.07, 6.45) is 1.64. The van der Waals surface area contributed by atoms with Gasteiger partial charge < -0.3 is 14.6 Å². The van der Waals surface area contributed by atoms with Gasteiger partial charge in [0, 0.05) is 19.8 Å². The quantitative estimate of drug-likeness (QED) is 0.689. The van der Waals surface area contributed by atoms with Crippen LogP contribution in [-0.4, -0.2) is 32.2 Å². The first-order chi connectivity index (χ1) is 13.4. The topological polar surface area (TPSA) is 38.7 Å². The van der Waals surface area contributed by atoms with Crippen molar-refractivity contribution in [2.75, 3.05) is 13.2 Å². The molecule has 0 bridgehead atoms. The summed E-state index contributed by atoms with van der Waals surface area (Å²) in [5, 5.41) is 13.4. The van der Waals surface area contributed by atoms with Crippen LogP contribution in [0.25, 0.3) is 0 Å². The number of benzene rings is 2. The summed E-state index contributed by atoms with van der Waals surface area (Å²) in [4.78, 5) is 0. The van der Waals surface area contributed by atoms with Crippen LogP contribution in [0.1, 0.15) is 33.6 Å². The molecule has 0 fully saturated rings. The van der Waals surface area contributed by atoms with Crippen LogP contribution in [0.5, 0.6) is 0 Å². The van der Waals surface area contributed by atoms with Crippen molar-refractivity contribution in [1.82, 2.24) is 0 Å². The molecule has 1 aliphatic rings. The Labute approximate surface area is 170 Å². The smallest absolute Gasteiger partial charge is 0.210 e. The number of allylic oxidation sites excluding steroid dienone is 1. The molecule has 4 heteroatoms. The fourth-order valence-electron chi connectivity index (χ4n) is 4.17. The van der Waals surface area contributed by atoms with E-state index in [2.05, 4.69) is 81.1 Å². The highest BCUT2D eigenvalue weighted by atomic mass is 28.3. The molecule has 3 nitrogen and oxygen atoms in total. The van der Waals surface area contributed by atoms with Crippen molar-refractivity contribution in [3.8, 4) is 0 Å². The largest absolute Gasteiger partial charge is 0.467 e. The fraction of sp³-hybridized carbons (Fsp3) is 0.417. The summed E-state index contributed by atoms with van der Waals surface area (Å²) in [5.41, 5.74) is 0. The predicted molar refractivity (Wildman–Crippen MR) is 117 cm³/mol. The van der Waals surface area contributed by atoms with Crippen LogP contribution >= 0.6 is 0 Å². The van der Waals surface area contributed by atoms with Gasteiger partial charge in [-0.2, -0.15) is 0 Å². The van der Waals surface area contributed by atoms with Crippen LogP contribution in [0.4, 0.5) is 0 Å². The van der Waals surface area contributed by atoms with Crippen LogP contribution in [-0.2, 0) is 9.47 Å². The average molecular weight is 397 g/mol. The minimum absolute atomic E-state index is 0.000135. The Hall–Kier alpha value is -1.88. The molecule has 3 rings (SSSR count). The monoisotopic (exact) mass is 396 g/mol. The molecule has 1 heterocycles. The van der Waals surface area contributed by atoms with Crippen LogP contribution in [0.2, 0.25) is 6.55 Å². The third-order valence-electron chi connectivity index (χ3n) is 5.57. The molecule has 0 saturated carbocycles. The summed E-state index contributed by atoms with van der Waals surface area (Å²) >= 11 is 0. The molecule has 0 radical (unpaired) electrons. The van der Waals surface area contributed by atoms with E-state index in [1.54, 1.807) is 0 Å². The summed E-state index contributed by atoms with van der Waals surface area (Å²) in [7, 11) is -2.21. The van der Waals surface area contributed by atoms with E-state index in [0.717, 1.165) is 18.6 Å². The molecular formula is C24H32O3Si. The van der Waals surface area contributed by atoms with E-state index in [9.17, 15) is 5.11 Å². The first kappa shape index (κ1) is 20.8. The zero-order chi connectivity index (χ0) is 20.2. The molecule has 0 aliphatic carbocycles. The summed E-state index contributed by atoms with van der Waals surface area (Å²) in [6, 6.07) is 21.7. The molecule has 0 saturated heterocycles. The average Bonchev–Trinajstić information content (AvgIpc) is 3.03. The SMILES string of the molecule is CC(C)CC1=C([Si](C)(c2ccccc2)c2ccccc2)CC(C)(OCCO)O1. The number of hydrogen-bond acceptors (Lipinski definition) is 3. The molecule has 150 valence electrons. The first-order valence-electron chi connectivity index (χ1n) is 10.2. The van der Waals surface area contributed by atoms with Crippen molar-refractivity contribution in [3.05, 3.63) is 71.6 Å². The molecule has 2 aromatic rings. The van der Waals surface area contributed by atoms with Crippen molar-refractivity contribution in [3.63, 3.8) is 0 Å². The lowest BCUT2D eigenvalue weighted by Crippen LogP contribution is -2.58. The molecule has 28 heavy (non-hydrogen) atoms. The summed E-state index contributed by atoms with van der Waals surface area (Å²) < 4.78 is 12.4. The van der Waals surface area contributed by atoms with Gasteiger partial charge in [-0.1, -0.05) is 81.1 Å². The maximum Gasteiger partial charge on any atom is 0.210 e. The normalized spacial score (nSPS) is 19.9. The third kappa shape index (κ3) is 4.24. The highest BCUT2D eigenvalue weighted by Crippen LogP contribution is 2.41. The molecule has 0 amide bonds. The van der Waals surface area contributed by atoms with Crippen molar-refractivity contribution < 1.29 is 14.6 Å². The van der Waals surface area contributed by atoms with Gasteiger partial charge in [0.25, 0.3) is 0 Å². The van der Waals surface area contributed by atoms with E-state index in [-0.39, 0.29) is 13.2 Å². The van der Waals surface area contributed by atoms with Gasteiger partial charge in [-0.15, -0.1) is 0 Å². The van der Waals surface area contributed by atoms with Gasteiger partial charge in [0.1, 0.15) is 8.07 Å². The van der Waals surface area contributed by atoms with Gasteiger partial charge in [0.2, 0.25) is 5.79 Å². The van der Waals surface area contributed by atoms with Gasteiger partial charge in [-0.3, -0.25) is 0 Å². The summed E-state index contributed by atoms with van der Waals surface area (Å²) in [6.45, 7) is 9.16. The minimum Gasteiger partial charge on any atom is -0.467 e. The van der Waals surface area contributed by atoms with Gasteiger partial charge >= 0.3 is 0 Å². The van der Waals surface area contributed by atoms with Crippen molar-refractivity contribution >= 4 is 18.4 Å². The second-order valence-electron chi connectivity index (χ2n) is 8.34.